The van der Waals surface area contributed by atoms with Crippen LogP contribution >= 0.6 is 0 Å². The number of hydrogen-bond donors (Lipinski definition) is 1. The highest BCUT2D eigenvalue weighted by atomic mass is 16.2. The molecular formula is C16H25N5O2. The molecule has 0 saturated carbocycles. The van der Waals surface area contributed by atoms with Gasteiger partial charge >= 0.3 is 0 Å². The fourth-order valence-corrected chi connectivity index (χ4v) is 2.52. The summed E-state index contributed by atoms with van der Waals surface area (Å²) in [4.78, 5) is 35.8. The van der Waals surface area contributed by atoms with E-state index in [1.165, 1.54) is 0 Å². The van der Waals surface area contributed by atoms with Gasteiger partial charge in [-0.2, -0.15) is 0 Å². The molecule has 0 aliphatic carbocycles. The van der Waals surface area contributed by atoms with Crippen molar-refractivity contribution in [3.8, 4) is 0 Å². The maximum absolute atomic E-state index is 12.5. The molecule has 23 heavy (non-hydrogen) atoms. The maximum Gasteiger partial charge on any atom is 0.272 e. The van der Waals surface area contributed by atoms with Crippen LogP contribution in [0.1, 0.15) is 43.6 Å². The summed E-state index contributed by atoms with van der Waals surface area (Å²) in [6.07, 6.45) is 4.98. The second kappa shape index (κ2) is 8.45. The first-order valence-electron chi connectivity index (χ1n) is 8.23. The molecule has 1 aromatic rings. The van der Waals surface area contributed by atoms with Gasteiger partial charge < -0.3 is 15.1 Å². The molecule has 1 aliphatic rings. The Hall–Kier alpha value is -2.18. The number of aromatic nitrogens is 2. The van der Waals surface area contributed by atoms with Gasteiger partial charge in [-0.3, -0.25) is 9.59 Å². The third-order valence-electron chi connectivity index (χ3n) is 3.95. The monoisotopic (exact) mass is 319 g/mol. The molecule has 0 unspecified atom stereocenters. The van der Waals surface area contributed by atoms with E-state index in [0.29, 0.717) is 37.8 Å². The third kappa shape index (κ3) is 4.91. The number of carbonyl (C=O) groups is 2. The number of nitrogens with zero attached hydrogens (tertiary/aromatic N) is 4. The van der Waals surface area contributed by atoms with Crippen molar-refractivity contribution in [1.82, 2.24) is 19.8 Å². The average Bonchev–Trinajstić information content (AvgIpc) is 2.58. The Morgan fingerprint density at radius 3 is 2.52 bits per heavy atom. The zero-order chi connectivity index (χ0) is 16.7. The predicted octanol–water partition coefficient (Wildman–Crippen LogP) is 1.38. The van der Waals surface area contributed by atoms with Gasteiger partial charge in [0, 0.05) is 45.8 Å². The van der Waals surface area contributed by atoms with Crippen molar-refractivity contribution in [3.63, 3.8) is 0 Å². The first kappa shape index (κ1) is 17.2. The SMILES string of the molecule is CCCCCNc1nccc(C(=O)N2CCN(C(C)=O)CC2)n1. The molecule has 2 rings (SSSR count). The van der Waals surface area contributed by atoms with E-state index >= 15 is 0 Å². The smallest absolute Gasteiger partial charge is 0.272 e. The number of hydrogen-bond acceptors (Lipinski definition) is 5. The molecule has 7 heteroatoms. The zero-order valence-electron chi connectivity index (χ0n) is 13.9. The lowest BCUT2D eigenvalue weighted by atomic mass is 10.2. The Bertz CT molecular complexity index is 541. The van der Waals surface area contributed by atoms with Crippen LogP contribution in [0, 0.1) is 0 Å². The minimum absolute atomic E-state index is 0.0534. The Morgan fingerprint density at radius 2 is 1.87 bits per heavy atom. The van der Waals surface area contributed by atoms with Crippen LogP contribution in [0.5, 0.6) is 0 Å². The van der Waals surface area contributed by atoms with E-state index in [-0.39, 0.29) is 11.8 Å². The molecule has 0 radical (unpaired) electrons. The molecule has 1 saturated heterocycles. The maximum atomic E-state index is 12.5. The van der Waals surface area contributed by atoms with Gasteiger partial charge in [-0.05, 0) is 12.5 Å². The van der Waals surface area contributed by atoms with Crippen LogP contribution in [0.15, 0.2) is 12.3 Å². The number of nitrogens with one attached hydrogen (secondary N) is 1. The van der Waals surface area contributed by atoms with Crippen LogP contribution in [0.25, 0.3) is 0 Å². The van der Waals surface area contributed by atoms with Gasteiger partial charge in [0.1, 0.15) is 5.69 Å². The van der Waals surface area contributed by atoms with Gasteiger partial charge in [-0.1, -0.05) is 19.8 Å². The number of rotatable bonds is 6. The van der Waals surface area contributed by atoms with E-state index in [0.717, 1.165) is 25.8 Å². The molecule has 0 bridgehead atoms. The highest BCUT2D eigenvalue weighted by Crippen LogP contribution is 2.09. The second-order valence-corrected chi connectivity index (χ2v) is 5.70. The van der Waals surface area contributed by atoms with Crippen molar-refractivity contribution in [3.05, 3.63) is 18.0 Å². The van der Waals surface area contributed by atoms with Crippen LogP contribution in [0.4, 0.5) is 5.95 Å². The second-order valence-electron chi connectivity index (χ2n) is 5.70. The van der Waals surface area contributed by atoms with Gasteiger partial charge in [0.25, 0.3) is 5.91 Å². The fourth-order valence-electron chi connectivity index (χ4n) is 2.52. The molecule has 1 aromatic heterocycles. The summed E-state index contributed by atoms with van der Waals surface area (Å²) in [7, 11) is 0. The summed E-state index contributed by atoms with van der Waals surface area (Å²) < 4.78 is 0. The number of carbonyl (C=O) groups excluding carboxylic acids is 2. The number of anilines is 1. The Labute approximate surface area is 137 Å². The number of unbranched alkanes of at least 4 members (excludes halogenated alkanes) is 2. The standard InChI is InChI=1S/C16H25N5O2/c1-3-4-5-7-17-16-18-8-6-14(19-16)15(23)21-11-9-20(10-12-21)13(2)22/h6,8H,3-5,7,9-12H2,1-2H3,(H,17,18,19). The molecule has 2 amide bonds. The van der Waals surface area contributed by atoms with Crippen molar-refractivity contribution in [2.75, 3.05) is 38.0 Å². The van der Waals surface area contributed by atoms with Crippen LogP contribution in [-0.2, 0) is 4.79 Å². The van der Waals surface area contributed by atoms with Crippen LogP contribution in [0.2, 0.25) is 0 Å². The van der Waals surface area contributed by atoms with Crippen LogP contribution < -0.4 is 5.32 Å². The van der Waals surface area contributed by atoms with Crippen molar-refractivity contribution in [1.29, 1.82) is 0 Å². The normalized spacial score (nSPS) is 14.7. The van der Waals surface area contributed by atoms with Gasteiger partial charge in [0.15, 0.2) is 0 Å². The largest absolute Gasteiger partial charge is 0.354 e. The topological polar surface area (TPSA) is 78.4 Å². The predicted molar refractivity (Wildman–Crippen MR) is 88.2 cm³/mol. The Kier molecular flexibility index (Phi) is 6.31. The van der Waals surface area contributed by atoms with E-state index in [1.807, 2.05) is 0 Å². The van der Waals surface area contributed by atoms with Gasteiger partial charge in [0.05, 0.1) is 0 Å². The first-order valence-corrected chi connectivity index (χ1v) is 8.23. The van der Waals surface area contributed by atoms with Crippen molar-refractivity contribution < 1.29 is 9.59 Å². The molecule has 0 atom stereocenters. The molecular weight excluding hydrogens is 294 g/mol. The number of amides is 2. The van der Waals surface area contributed by atoms with Gasteiger partial charge in [-0.25, -0.2) is 9.97 Å². The molecule has 0 spiro atoms. The Morgan fingerprint density at radius 1 is 1.17 bits per heavy atom. The molecule has 2 heterocycles. The summed E-state index contributed by atoms with van der Waals surface area (Å²) in [6.45, 7) is 6.76. The van der Waals surface area contributed by atoms with Crippen molar-refractivity contribution >= 4 is 17.8 Å². The molecule has 126 valence electrons. The average molecular weight is 319 g/mol. The van der Waals surface area contributed by atoms with E-state index in [4.69, 9.17) is 0 Å². The molecule has 1 N–H and O–H groups in total. The van der Waals surface area contributed by atoms with Crippen molar-refractivity contribution in [2.24, 2.45) is 0 Å². The molecule has 1 aliphatic heterocycles. The lowest BCUT2D eigenvalue weighted by Crippen LogP contribution is -2.50. The summed E-state index contributed by atoms with van der Waals surface area (Å²) in [5, 5.41) is 3.15. The van der Waals surface area contributed by atoms with E-state index in [9.17, 15) is 9.59 Å². The zero-order valence-corrected chi connectivity index (χ0v) is 13.9. The van der Waals surface area contributed by atoms with Crippen LogP contribution in [-0.4, -0.2) is 64.3 Å². The summed E-state index contributed by atoms with van der Waals surface area (Å²) in [5.74, 6) is 0.444. The highest BCUT2D eigenvalue weighted by Gasteiger charge is 2.24. The first-order chi connectivity index (χ1) is 11.1. The lowest BCUT2D eigenvalue weighted by molar-refractivity contribution is -0.130. The quantitative estimate of drug-likeness (QED) is 0.802. The summed E-state index contributed by atoms with van der Waals surface area (Å²) >= 11 is 0. The molecule has 0 aromatic carbocycles. The summed E-state index contributed by atoms with van der Waals surface area (Å²) in [6, 6.07) is 1.64. The summed E-state index contributed by atoms with van der Waals surface area (Å²) in [5.41, 5.74) is 0.397. The Balaban J connectivity index is 1.91. The van der Waals surface area contributed by atoms with Crippen molar-refractivity contribution in [2.45, 2.75) is 33.1 Å². The lowest BCUT2D eigenvalue weighted by Gasteiger charge is -2.34. The van der Waals surface area contributed by atoms with Gasteiger partial charge in [0.2, 0.25) is 11.9 Å². The highest BCUT2D eigenvalue weighted by molar-refractivity contribution is 5.92. The van der Waals surface area contributed by atoms with Gasteiger partial charge in [-0.15, -0.1) is 0 Å². The molecule has 1 fully saturated rings. The fraction of sp³-hybridized carbons (Fsp3) is 0.625. The minimum Gasteiger partial charge on any atom is -0.354 e. The molecule has 7 nitrogen and oxygen atoms in total. The minimum atomic E-state index is -0.104. The van der Waals surface area contributed by atoms with Crippen LogP contribution in [0.3, 0.4) is 0 Å². The van der Waals surface area contributed by atoms with E-state index in [1.54, 1.807) is 29.0 Å². The van der Waals surface area contributed by atoms with E-state index in [2.05, 4.69) is 22.2 Å². The van der Waals surface area contributed by atoms with E-state index < -0.39 is 0 Å². The third-order valence-corrected chi connectivity index (χ3v) is 3.95. The number of piperazine rings is 1.